The van der Waals surface area contributed by atoms with Crippen LogP contribution in [0.15, 0.2) is 77.8 Å². The minimum absolute atomic E-state index is 0.0217. The van der Waals surface area contributed by atoms with Crippen molar-refractivity contribution >= 4 is 56.9 Å². The Morgan fingerprint density at radius 1 is 0.926 bits per heavy atom. The number of carbonyl (C=O) groups excluding carboxylic acids is 5. The van der Waals surface area contributed by atoms with Crippen molar-refractivity contribution in [3.8, 4) is 11.5 Å². The fourth-order valence-electron chi connectivity index (χ4n) is 6.08. The topological polar surface area (TPSA) is 220 Å². The maximum atomic E-state index is 14.2. The van der Waals surface area contributed by atoms with E-state index in [-0.39, 0.29) is 54.9 Å². The van der Waals surface area contributed by atoms with Crippen molar-refractivity contribution in [3.63, 3.8) is 0 Å². The van der Waals surface area contributed by atoms with Gasteiger partial charge in [-0.3, -0.25) is 29.0 Å². The van der Waals surface area contributed by atoms with Crippen LogP contribution in [0.4, 0.5) is 0 Å². The molecule has 4 bridgehead atoms. The van der Waals surface area contributed by atoms with Crippen molar-refractivity contribution in [3.05, 3.63) is 88.9 Å². The van der Waals surface area contributed by atoms with Crippen LogP contribution >= 0.6 is 11.3 Å². The Bertz CT molecular complexity index is 1960. The monoisotopic (exact) mass is 754 g/mol. The number of fused-ring (bicyclic) bond motifs is 3. The van der Waals surface area contributed by atoms with Gasteiger partial charge in [-0.2, -0.15) is 0 Å². The fourth-order valence-corrected chi connectivity index (χ4v) is 7.04. The second kappa shape index (κ2) is 18.3. The first kappa shape index (κ1) is 39.4. The van der Waals surface area contributed by atoms with Crippen LogP contribution in [0.1, 0.15) is 61.0 Å². The van der Waals surface area contributed by atoms with Gasteiger partial charge in [-0.25, -0.2) is 4.98 Å². The first-order valence-electron chi connectivity index (χ1n) is 17.8. The summed E-state index contributed by atoms with van der Waals surface area (Å²) in [5, 5.41) is 11.5. The predicted molar refractivity (Wildman–Crippen MR) is 207 cm³/mol. The van der Waals surface area contributed by atoms with Crippen molar-refractivity contribution in [2.24, 2.45) is 22.4 Å². The Balaban J connectivity index is 1.47. The first-order chi connectivity index (χ1) is 25.8. The molecule has 3 aliphatic rings. The zero-order valence-electron chi connectivity index (χ0n) is 30.5. The third-order valence-electron chi connectivity index (χ3n) is 8.71. The van der Waals surface area contributed by atoms with Gasteiger partial charge in [0, 0.05) is 26.3 Å². The van der Waals surface area contributed by atoms with Crippen LogP contribution in [0, 0.1) is 5.92 Å². The molecule has 4 heterocycles. The zero-order chi connectivity index (χ0) is 38.8. The van der Waals surface area contributed by atoms with Crippen LogP contribution in [0.2, 0.25) is 0 Å². The molecule has 1 aromatic heterocycles. The molecule has 3 aliphatic heterocycles. The number of nitrogens with one attached hydrogen (secondary N) is 4. The summed E-state index contributed by atoms with van der Waals surface area (Å²) in [4.78, 5) is 76.6. The summed E-state index contributed by atoms with van der Waals surface area (Å²) in [5.41, 5.74) is 13.1. The molecule has 284 valence electrons. The van der Waals surface area contributed by atoms with E-state index in [0.29, 0.717) is 29.0 Å². The van der Waals surface area contributed by atoms with Gasteiger partial charge in [-0.15, -0.1) is 11.3 Å². The van der Waals surface area contributed by atoms with Gasteiger partial charge < -0.3 is 37.5 Å². The highest BCUT2D eigenvalue weighted by Crippen LogP contribution is 2.25. The molecule has 0 saturated heterocycles. The summed E-state index contributed by atoms with van der Waals surface area (Å²) in [6.45, 7) is 5.37. The van der Waals surface area contributed by atoms with Crippen molar-refractivity contribution < 1.29 is 28.7 Å². The Hall–Kier alpha value is -5.83. The standard InChI is InChI=1S/C39H46N8O6S/c1-22(2)19-30-35(50)46-32(37(52)44-29(8-6-18-42-39(40)41)34(49)38-47-28-7-4-5-9-33(28)54-38)21-25-12-16-27(17-13-25)53-26-14-10-24(11-15-26)20-31(36(51)45-30)43-23(3)48/h4-5,7,9-17,22,29-32H,6,8,18-21H2,1-3H3,(H,43,48)(H,44,52)(H,45,51)(H,46,50)(H4,40,41,42)/t29-,30+,31+,32+/m1/s1. The molecule has 0 unspecified atom stereocenters. The lowest BCUT2D eigenvalue weighted by molar-refractivity contribution is -0.133. The molecule has 4 atom stereocenters. The van der Waals surface area contributed by atoms with Crippen LogP contribution in [-0.2, 0) is 32.0 Å². The molecule has 14 nitrogen and oxygen atoms in total. The molecular weight excluding hydrogens is 709 g/mol. The lowest BCUT2D eigenvalue weighted by Crippen LogP contribution is -2.58. The Labute approximate surface area is 317 Å². The highest BCUT2D eigenvalue weighted by Gasteiger charge is 2.33. The molecule has 15 heteroatoms. The van der Waals surface area contributed by atoms with E-state index >= 15 is 0 Å². The number of amides is 4. The lowest BCUT2D eigenvalue weighted by atomic mass is 9.99. The maximum Gasteiger partial charge on any atom is 0.243 e. The van der Waals surface area contributed by atoms with Crippen molar-refractivity contribution in [2.45, 2.75) is 77.0 Å². The molecule has 3 aromatic carbocycles. The van der Waals surface area contributed by atoms with Crippen LogP contribution in [0.25, 0.3) is 10.2 Å². The quantitative estimate of drug-likeness (QED) is 0.0573. The minimum Gasteiger partial charge on any atom is -0.457 e. The number of nitrogens with two attached hydrogens (primary N) is 2. The second-order valence-electron chi connectivity index (χ2n) is 13.7. The van der Waals surface area contributed by atoms with Crippen LogP contribution in [0.3, 0.4) is 0 Å². The van der Waals surface area contributed by atoms with Gasteiger partial charge in [0.25, 0.3) is 0 Å². The van der Waals surface area contributed by atoms with Crippen LogP contribution < -0.4 is 37.5 Å². The predicted octanol–water partition coefficient (Wildman–Crippen LogP) is 3.13. The van der Waals surface area contributed by atoms with Crippen LogP contribution in [-0.4, -0.2) is 71.1 Å². The number of rotatable bonds is 11. The fraction of sp³-hybridized carbons (Fsp3) is 0.359. The number of carbonyl (C=O) groups is 5. The normalized spacial score (nSPS) is 18.1. The number of hydrogen-bond donors (Lipinski definition) is 6. The molecule has 0 radical (unpaired) electrons. The number of Topliss-reactive ketones (excluding diaryl/α,β-unsaturated/α-hetero) is 1. The molecule has 54 heavy (non-hydrogen) atoms. The molecule has 7 rings (SSSR count). The first-order valence-corrected chi connectivity index (χ1v) is 18.7. The van der Waals surface area contributed by atoms with E-state index in [4.69, 9.17) is 16.2 Å². The molecular formula is C39H46N8O6S. The number of para-hydroxylation sites is 1. The summed E-state index contributed by atoms with van der Waals surface area (Å²) < 4.78 is 6.85. The van der Waals surface area contributed by atoms with E-state index in [9.17, 15) is 24.0 Å². The van der Waals surface area contributed by atoms with Gasteiger partial charge in [0.05, 0.1) is 16.3 Å². The third kappa shape index (κ3) is 11.1. The van der Waals surface area contributed by atoms with Crippen molar-refractivity contribution in [1.29, 1.82) is 0 Å². The molecule has 0 spiro atoms. The van der Waals surface area contributed by atoms with E-state index in [2.05, 4.69) is 31.2 Å². The molecule has 0 saturated carbocycles. The van der Waals surface area contributed by atoms with Crippen LogP contribution in [0.5, 0.6) is 11.5 Å². The van der Waals surface area contributed by atoms with Gasteiger partial charge in [-0.05, 0) is 72.7 Å². The average Bonchev–Trinajstić information content (AvgIpc) is 3.57. The van der Waals surface area contributed by atoms with E-state index in [1.54, 1.807) is 36.4 Å². The Kier molecular flexibility index (Phi) is 13.3. The number of hydrogen-bond acceptors (Lipinski definition) is 9. The van der Waals surface area contributed by atoms with E-state index in [0.717, 1.165) is 10.3 Å². The summed E-state index contributed by atoms with van der Waals surface area (Å²) >= 11 is 1.23. The number of ether oxygens (including phenoxy) is 1. The summed E-state index contributed by atoms with van der Waals surface area (Å²) in [6.07, 6.45) is 1.04. The number of guanidine groups is 1. The number of nitrogens with zero attached hydrogens (tertiary/aromatic N) is 2. The molecule has 4 aromatic rings. The van der Waals surface area contributed by atoms with E-state index in [1.165, 1.54) is 18.3 Å². The number of thiazole rings is 1. The van der Waals surface area contributed by atoms with Crippen molar-refractivity contribution in [1.82, 2.24) is 26.3 Å². The van der Waals surface area contributed by atoms with E-state index < -0.39 is 47.8 Å². The summed E-state index contributed by atoms with van der Waals surface area (Å²) in [6, 6.07) is 17.5. The van der Waals surface area contributed by atoms with Gasteiger partial charge in [0.15, 0.2) is 11.0 Å². The van der Waals surface area contributed by atoms with E-state index in [1.807, 2.05) is 50.2 Å². The van der Waals surface area contributed by atoms with Gasteiger partial charge >= 0.3 is 0 Å². The van der Waals surface area contributed by atoms with Gasteiger partial charge in [-0.1, -0.05) is 50.2 Å². The number of aromatic nitrogens is 1. The highest BCUT2D eigenvalue weighted by molar-refractivity contribution is 7.20. The Morgan fingerprint density at radius 3 is 2.19 bits per heavy atom. The largest absolute Gasteiger partial charge is 0.457 e. The van der Waals surface area contributed by atoms with Crippen molar-refractivity contribution in [2.75, 3.05) is 6.54 Å². The highest BCUT2D eigenvalue weighted by atomic mass is 32.1. The van der Waals surface area contributed by atoms with Gasteiger partial charge in [0.2, 0.25) is 29.4 Å². The maximum absolute atomic E-state index is 14.2. The molecule has 0 fully saturated rings. The zero-order valence-corrected chi connectivity index (χ0v) is 31.3. The second-order valence-corrected chi connectivity index (χ2v) is 14.7. The molecule has 4 amide bonds. The molecule has 0 aliphatic carbocycles. The minimum atomic E-state index is -1.16. The third-order valence-corrected chi connectivity index (χ3v) is 9.76. The van der Waals surface area contributed by atoms with Gasteiger partial charge in [0.1, 0.15) is 29.6 Å². The Morgan fingerprint density at radius 2 is 1.57 bits per heavy atom. The average molecular weight is 755 g/mol. The molecule has 8 N–H and O–H groups in total. The summed E-state index contributed by atoms with van der Waals surface area (Å²) in [7, 11) is 0. The SMILES string of the molecule is CC(=O)N[C@H]1Cc2ccc(cc2)Oc2ccc(cc2)C[C@@H](C(=O)N[C@H](CCCN=C(N)N)C(=O)c2nc3ccccc3s2)NC(=O)[C@H](CC(C)C)NC1=O. The number of benzene rings is 3. The lowest BCUT2D eigenvalue weighted by Gasteiger charge is -2.27. The smallest absolute Gasteiger partial charge is 0.243 e. The summed E-state index contributed by atoms with van der Waals surface area (Å²) in [5.74, 6) is -1.54. The number of aliphatic imine (C=N–C) groups is 1. The number of ketones is 1.